The molecule has 2 heterocycles. The number of benzene rings is 2. The summed E-state index contributed by atoms with van der Waals surface area (Å²) in [4.78, 5) is 4.55. The van der Waals surface area contributed by atoms with E-state index >= 15 is 0 Å². The second-order valence-corrected chi connectivity index (χ2v) is 6.54. The lowest BCUT2D eigenvalue weighted by Gasteiger charge is -2.13. The van der Waals surface area contributed by atoms with Crippen molar-refractivity contribution in [2.75, 3.05) is 0 Å². The van der Waals surface area contributed by atoms with Gasteiger partial charge in [0.15, 0.2) is 0 Å². The molecule has 2 aromatic heterocycles. The molecule has 4 heteroatoms. The van der Waals surface area contributed by atoms with Gasteiger partial charge in [0.25, 0.3) is 0 Å². The van der Waals surface area contributed by atoms with Crippen molar-refractivity contribution in [3.63, 3.8) is 0 Å². The number of nitrogens with two attached hydrogens (primary N) is 1. The minimum absolute atomic E-state index is 0.434. The summed E-state index contributed by atoms with van der Waals surface area (Å²) in [6.07, 6.45) is 3.98. The van der Waals surface area contributed by atoms with Crippen molar-refractivity contribution in [3.8, 4) is 22.4 Å². The van der Waals surface area contributed by atoms with Crippen LogP contribution in [0.25, 0.3) is 28.0 Å². The molecule has 4 rings (SSSR count). The number of fused-ring (bicyclic) bond motifs is 1. The molecule has 2 N–H and O–H groups in total. The van der Waals surface area contributed by atoms with E-state index in [0.717, 1.165) is 44.2 Å². The monoisotopic (exact) mass is 347 g/mol. The Morgan fingerprint density at radius 3 is 2.56 bits per heavy atom. The Bertz CT molecular complexity index is 1050. The highest BCUT2D eigenvalue weighted by atomic mass is 35.5. The fourth-order valence-electron chi connectivity index (χ4n) is 3.14. The van der Waals surface area contributed by atoms with Crippen molar-refractivity contribution in [1.29, 1.82) is 0 Å². The molecule has 4 aromatic rings. The third-order valence-corrected chi connectivity index (χ3v) is 4.75. The number of aryl methyl sites for hydroxylation is 1. The molecule has 0 aliphatic heterocycles. The first-order valence-corrected chi connectivity index (χ1v) is 8.57. The molecule has 3 nitrogen and oxygen atoms in total. The molecule has 124 valence electrons. The Morgan fingerprint density at radius 2 is 1.84 bits per heavy atom. The fourth-order valence-corrected chi connectivity index (χ4v) is 3.47. The second-order valence-electron chi connectivity index (χ2n) is 6.14. The Hall–Kier alpha value is -2.62. The van der Waals surface area contributed by atoms with E-state index in [2.05, 4.69) is 39.8 Å². The van der Waals surface area contributed by atoms with Gasteiger partial charge in [-0.05, 0) is 30.2 Å². The molecule has 0 atom stereocenters. The number of hydrogen-bond donors (Lipinski definition) is 1. The van der Waals surface area contributed by atoms with Crippen LogP contribution < -0.4 is 5.73 Å². The van der Waals surface area contributed by atoms with Gasteiger partial charge in [0, 0.05) is 34.5 Å². The highest BCUT2D eigenvalue weighted by Gasteiger charge is 2.13. The zero-order valence-corrected chi connectivity index (χ0v) is 14.7. The number of nitrogens with zero attached hydrogens (tertiary/aromatic N) is 2. The molecule has 0 spiro atoms. The van der Waals surface area contributed by atoms with Gasteiger partial charge in [0.05, 0.1) is 11.9 Å². The van der Waals surface area contributed by atoms with Crippen LogP contribution in [0, 0.1) is 6.92 Å². The van der Waals surface area contributed by atoms with Crippen molar-refractivity contribution in [2.45, 2.75) is 13.5 Å². The molecular weight excluding hydrogens is 330 g/mol. The van der Waals surface area contributed by atoms with Gasteiger partial charge < -0.3 is 5.73 Å². The molecule has 2 aromatic carbocycles. The van der Waals surface area contributed by atoms with Gasteiger partial charge >= 0.3 is 0 Å². The molecule has 0 saturated carbocycles. The molecule has 0 unspecified atom stereocenters. The first-order chi connectivity index (χ1) is 12.2. The largest absolute Gasteiger partial charge is 0.326 e. The van der Waals surface area contributed by atoms with E-state index in [-0.39, 0.29) is 0 Å². The van der Waals surface area contributed by atoms with Crippen LogP contribution in [0.15, 0.2) is 67.0 Å². The van der Waals surface area contributed by atoms with Crippen LogP contribution in [-0.4, -0.2) is 9.38 Å². The molecule has 0 fully saturated rings. The summed E-state index contributed by atoms with van der Waals surface area (Å²) in [7, 11) is 0. The smallest absolute Gasteiger partial charge is 0.137 e. The van der Waals surface area contributed by atoms with Crippen molar-refractivity contribution >= 4 is 17.2 Å². The second kappa shape index (κ2) is 6.36. The zero-order valence-electron chi connectivity index (χ0n) is 13.9. The van der Waals surface area contributed by atoms with E-state index in [9.17, 15) is 0 Å². The maximum absolute atomic E-state index is 6.51. The van der Waals surface area contributed by atoms with Crippen LogP contribution in [-0.2, 0) is 6.54 Å². The maximum atomic E-state index is 6.51. The third-order valence-electron chi connectivity index (χ3n) is 4.44. The maximum Gasteiger partial charge on any atom is 0.137 e. The number of hydrogen-bond acceptors (Lipinski definition) is 2. The van der Waals surface area contributed by atoms with Crippen LogP contribution in [0.3, 0.4) is 0 Å². The Morgan fingerprint density at radius 1 is 1.04 bits per heavy atom. The molecule has 0 amide bonds. The van der Waals surface area contributed by atoms with Gasteiger partial charge in [-0.3, -0.25) is 4.40 Å². The normalized spacial score (nSPS) is 11.2. The summed E-state index contributed by atoms with van der Waals surface area (Å²) < 4.78 is 2.10. The fraction of sp³-hybridized carbons (Fsp3) is 0.0952. The predicted molar refractivity (Wildman–Crippen MR) is 104 cm³/mol. The van der Waals surface area contributed by atoms with Crippen molar-refractivity contribution in [3.05, 3.63) is 83.1 Å². The van der Waals surface area contributed by atoms with Gasteiger partial charge in [-0.1, -0.05) is 54.1 Å². The number of imidazole rings is 1. The first kappa shape index (κ1) is 15.9. The van der Waals surface area contributed by atoms with Crippen LogP contribution in [0.2, 0.25) is 5.02 Å². The van der Waals surface area contributed by atoms with Gasteiger partial charge in [0.2, 0.25) is 0 Å². The van der Waals surface area contributed by atoms with E-state index in [1.165, 1.54) is 0 Å². The third kappa shape index (κ3) is 2.82. The zero-order chi connectivity index (χ0) is 17.4. The van der Waals surface area contributed by atoms with Gasteiger partial charge in [-0.15, -0.1) is 0 Å². The average Bonchev–Trinajstić information content (AvgIpc) is 3.04. The lowest BCUT2D eigenvalue weighted by Crippen LogP contribution is -2.02. The summed E-state index contributed by atoms with van der Waals surface area (Å²) >= 11 is 6.51. The average molecular weight is 348 g/mol. The quantitative estimate of drug-likeness (QED) is 0.561. The van der Waals surface area contributed by atoms with Crippen LogP contribution in [0.4, 0.5) is 0 Å². The van der Waals surface area contributed by atoms with Gasteiger partial charge in [-0.2, -0.15) is 0 Å². The molecule has 0 bridgehead atoms. The van der Waals surface area contributed by atoms with Crippen LogP contribution >= 0.6 is 11.6 Å². The highest BCUT2D eigenvalue weighted by Crippen LogP contribution is 2.33. The summed E-state index contributed by atoms with van der Waals surface area (Å²) in [5.74, 6) is 0. The Kier molecular flexibility index (Phi) is 4.04. The molecular formula is C21H18ClN3. The molecule has 25 heavy (non-hydrogen) atoms. The predicted octanol–water partition coefficient (Wildman–Crippen LogP) is 5.09. The Labute approximate surface area is 151 Å². The number of rotatable bonds is 3. The van der Waals surface area contributed by atoms with E-state index in [0.29, 0.717) is 6.54 Å². The number of halogens is 1. The van der Waals surface area contributed by atoms with Crippen molar-refractivity contribution < 1.29 is 0 Å². The molecule has 0 saturated heterocycles. The molecule has 0 radical (unpaired) electrons. The number of pyridine rings is 1. The minimum Gasteiger partial charge on any atom is -0.326 e. The minimum atomic E-state index is 0.434. The summed E-state index contributed by atoms with van der Waals surface area (Å²) in [5.41, 5.74) is 13.2. The van der Waals surface area contributed by atoms with E-state index in [4.69, 9.17) is 17.3 Å². The lowest BCUT2D eigenvalue weighted by molar-refractivity contribution is 1.05. The highest BCUT2D eigenvalue weighted by molar-refractivity contribution is 6.33. The summed E-state index contributed by atoms with van der Waals surface area (Å²) in [5, 5.41) is 0.732. The molecule has 0 aliphatic carbocycles. The SMILES string of the molecule is Cc1ccc(-c2cn3c(-c4ccccc4)cnc3cc2CN)c(Cl)c1. The van der Waals surface area contributed by atoms with Gasteiger partial charge in [0.1, 0.15) is 5.65 Å². The van der Waals surface area contributed by atoms with Crippen molar-refractivity contribution in [1.82, 2.24) is 9.38 Å². The van der Waals surface area contributed by atoms with Gasteiger partial charge in [-0.25, -0.2) is 4.98 Å². The summed E-state index contributed by atoms with van der Waals surface area (Å²) in [6, 6.07) is 18.4. The van der Waals surface area contributed by atoms with E-state index in [1.807, 2.05) is 43.5 Å². The number of aromatic nitrogens is 2. The van der Waals surface area contributed by atoms with Crippen LogP contribution in [0.5, 0.6) is 0 Å². The van der Waals surface area contributed by atoms with E-state index < -0.39 is 0 Å². The summed E-state index contributed by atoms with van der Waals surface area (Å²) in [6.45, 7) is 2.47. The first-order valence-electron chi connectivity index (χ1n) is 8.19. The van der Waals surface area contributed by atoms with Crippen LogP contribution in [0.1, 0.15) is 11.1 Å². The van der Waals surface area contributed by atoms with Crippen molar-refractivity contribution in [2.24, 2.45) is 5.73 Å². The van der Waals surface area contributed by atoms with E-state index in [1.54, 1.807) is 0 Å². The lowest BCUT2D eigenvalue weighted by atomic mass is 10.0. The molecule has 0 aliphatic rings. The topological polar surface area (TPSA) is 43.3 Å². The standard InChI is InChI=1S/C21H18ClN3/c1-14-7-8-17(19(22)9-14)18-13-25-20(15-5-3-2-4-6-15)12-24-21(25)10-16(18)11-23/h2-10,12-13H,11,23H2,1H3. The Balaban J connectivity index is 1.97.